The topological polar surface area (TPSA) is 196 Å². The Morgan fingerprint density at radius 1 is 0.614 bits per heavy atom. The number of unbranched alkanes of at least 4 members (excludes halogenated alkanes) is 3. The highest BCUT2D eigenvalue weighted by atomic mass is 16.2. The van der Waals surface area contributed by atoms with E-state index in [9.17, 15) is 33.6 Å². The molecule has 5 atom stereocenters. The van der Waals surface area contributed by atoms with Gasteiger partial charge in [0, 0.05) is 49.5 Å². The van der Waals surface area contributed by atoms with Gasteiger partial charge < -0.3 is 22.1 Å². The van der Waals surface area contributed by atoms with Crippen LogP contribution >= 0.6 is 0 Å². The molecule has 2 rings (SSSR count). The maximum absolute atomic E-state index is 13.9. The minimum absolute atomic E-state index is 0.0354. The van der Waals surface area contributed by atoms with Crippen LogP contribution in [0.15, 0.2) is 48.5 Å². The van der Waals surface area contributed by atoms with Gasteiger partial charge in [-0.3, -0.25) is 33.6 Å². The molecule has 0 saturated carbocycles. The minimum Gasteiger partial charge on any atom is -0.346 e. The Morgan fingerprint density at radius 3 is 1.68 bits per heavy atom. The van der Waals surface area contributed by atoms with Crippen LogP contribution in [0.25, 0.3) is 11.1 Å². The second-order valence-electron chi connectivity index (χ2n) is 16.1. The van der Waals surface area contributed by atoms with Crippen LogP contribution in [0.2, 0.25) is 0 Å². The molecule has 2 aromatic rings. The van der Waals surface area contributed by atoms with Crippen molar-refractivity contribution >= 4 is 40.7 Å². The molecular weight excluding hydrogens is 721 g/mol. The lowest BCUT2D eigenvalue weighted by Gasteiger charge is -2.25. The number of benzene rings is 2. The van der Waals surface area contributed by atoms with Gasteiger partial charge in [-0.15, -0.1) is 0 Å². The summed E-state index contributed by atoms with van der Waals surface area (Å²) in [4.78, 5) is 91.5. The van der Waals surface area contributed by atoms with Crippen molar-refractivity contribution in [2.75, 3.05) is 13.1 Å². The van der Waals surface area contributed by atoms with Crippen LogP contribution in [0.3, 0.4) is 0 Å². The molecule has 0 aliphatic rings. The van der Waals surface area contributed by atoms with Gasteiger partial charge in [0.2, 0.25) is 17.6 Å². The molecule has 0 spiro atoms. The van der Waals surface area contributed by atoms with Crippen LogP contribution in [0, 0.1) is 23.7 Å². The second kappa shape index (κ2) is 25.8. The van der Waals surface area contributed by atoms with E-state index in [1.54, 1.807) is 19.1 Å². The van der Waals surface area contributed by atoms with Crippen molar-refractivity contribution < 1.29 is 33.6 Å². The average molecular weight is 789 g/mol. The molecule has 0 aromatic heterocycles. The van der Waals surface area contributed by atoms with Crippen LogP contribution in [0.1, 0.15) is 135 Å². The van der Waals surface area contributed by atoms with Gasteiger partial charge in [-0.25, -0.2) is 0 Å². The minimum atomic E-state index is -0.898. The standard InChI is InChI=1S/C46H68N4O7/c1-7-8-13-34-16-18-35(19-17-34)36-20-22-37(23-21-36)41(52)29-38(14-9-11-24-47)46(57)49-39(15-10-12-25-48)42(53)28-32(5)45(56)50-40(26-30(2)3)43(54)27-31(4)44(55)33(6)51/h16-23,30-32,38-40H,7-15,24-29,47-48H2,1-6H3,(H,49,57)(H,50,56)/t31-,32-,38-,39+,40+/m1/s1. The van der Waals surface area contributed by atoms with Gasteiger partial charge >= 0.3 is 0 Å². The fraction of sp³-hybridized carbons (Fsp3) is 0.587. The van der Waals surface area contributed by atoms with E-state index < -0.39 is 53.2 Å². The number of aryl methyl sites for hydroxylation is 1. The molecular formula is C46H68N4O7. The molecule has 11 nitrogen and oxygen atoms in total. The number of ketones is 5. The summed E-state index contributed by atoms with van der Waals surface area (Å²) in [6.45, 7) is 11.1. The predicted octanol–water partition coefficient (Wildman–Crippen LogP) is 6.51. The number of hydrogen-bond donors (Lipinski definition) is 4. The smallest absolute Gasteiger partial charge is 0.224 e. The van der Waals surface area contributed by atoms with Crippen LogP contribution in [-0.2, 0) is 35.2 Å². The third kappa shape index (κ3) is 17.4. The van der Waals surface area contributed by atoms with Crippen molar-refractivity contribution in [1.29, 1.82) is 0 Å². The van der Waals surface area contributed by atoms with E-state index in [2.05, 4.69) is 41.8 Å². The molecule has 2 aromatic carbocycles. The summed E-state index contributed by atoms with van der Waals surface area (Å²) in [5.41, 5.74) is 15.3. The van der Waals surface area contributed by atoms with Crippen LogP contribution in [0.4, 0.5) is 0 Å². The lowest BCUT2D eigenvalue weighted by molar-refractivity contribution is -0.139. The highest BCUT2D eigenvalue weighted by Gasteiger charge is 2.32. The third-order valence-electron chi connectivity index (χ3n) is 10.4. The molecule has 0 fully saturated rings. The first-order chi connectivity index (χ1) is 27.1. The van der Waals surface area contributed by atoms with Gasteiger partial charge in [0.25, 0.3) is 0 Å². The molecule has 0 saturated heterocycles. The number of amides is 2. The fourth-order valence-electron chi connectivity index (χ4n) is 6.87. The molecule has 0 radical (unpaired) electrons. The largest absolute Gasteiger partial charge is 0.346 e. The quantitative estimate of drug-likeness (QED) is 0.0404. The van der Waals surface area contributed by atoms with Crippen LogP contribution < -0.4 is 22.1 Å². The summed E-state index contributed by atoms with van der Waals surface area (Å²) in [6.07, 6.45) is 6.50. The van der Waals surface area contributed by atoms with Gasteiger partial charge in [-0.2, -0.15) is 0 Å². The maximum atomic E-state index is 13.9. The Kier molecular flexibility index (Phi) is 22.1. The number of nitrogens with one attached hydrogen (secondary N) is 2. The molecule has 11 heteroatoms. The van der Waals surface area contributed by atoms with E-state index in [4.69, 9.17) is 11.5 Å². The Hall–Kier alpha value is -4.35. The number of rotatable bonds is 29. The third-order valence-corrected chi connectivity index (χ3v) is 10.4. The maximum Gasteiger partial charge on any atom is 0.224 e. The summed E-state index contributed by atoms with van der Waals surface area (Å²) >= 11 is 0. The molecule has 0 aliphatic carbocycles. The summed E-state index contributed by atoms with van der Waals surface area (Å²) in [5.74, 6) is -5.32. The molecule has 0 unspecified atom stereocenters. The lowest BCUT2D eigenvalue weighted by Crippen LogP contribution is -2.47. The Bertz CT molecular complexity index is 1620. The van der Waals surface area contributed by atoms with E-state index in [0.29, 0.717) is 63.6 Å². The predicted molar refractivity (Wildman–Crippen MR) is 225 cm³/mol. The highest BCUT2D eigenvalue weighted by molar-refractivity contribution is 6.37. The SMILES string of the molecule is CCCCc1ccc(-c2ccc(C(=O)C[C@@H](CCCCN)C(=O)N[C@@H](CCCCN)C(=O)C[C@@H](C)C(=O)N[C@@H](CC(C)C)C(=O)C[C@@H](C)C(=O)C(C)=O)cc2)cc1. The average Bonchev–Trinajstić information content (AvgIpc) is 3.18. The summed E-state index contributed by atoms with van der Waals surface area (Å²) in [7, 11) is 0. The Labute approximate surface area is 340 Å². The fourth-order valence-corrected chi connectivity index (χ4v) is 6.87. The van der Waals surface area contributed by atoms with Gasteiger partial charge in [0.15, 0.2) is 23.1 Å². The zero-order valence-electron chi connectivity index (χ0n) is 35.2. The zero-order chi connectivity index (χ0) is 42.5. The van der Waals surface area contributed by atoms with Crippen molar-refractivity contribution in [2.45, 2.75) is 137 Å². The molecule has 314 valence electrons. The summed E-state index contributed by atoms with van der Waals surface area (Å²) < 4.78 is 0. The van der Waals surface area contributed by atoms with Crippen molar-refractivity contribution in [1.82, 2.24) is 10.6 Å². The summed E-state index contributed by atoms with van der Waals surface area (Å²) in [6, 6.07) is 14.1. The van der Waals surface area contributed by atoms with E-state index >= 15 is 0 Å². The van der Waals surface area contributed by atoms with E-state index in [-0.39, 0.29) is 42.5 Å². The lowest BCUT2D eigenvalue weighted by atomic mass is 9.90. The first-order valence-corrected chi connectivity index (χ1v) is 20.9. The van der Waals surface area contributed by atoms with Crippen LogP contribution in [-0.4, -0.2) is 65.9 Å². The molecule has 57 heavy (non-hydrogen) atoms. The normalized spacial score (nSPS) is 13.9. The summed E-state index contributed by atoms with van der Waals surface area (Å²) in [5, 5.41) is 5.70. The number of nitrogens with two attached hydrogens (primary N) is 2. The van der Waals surface area contributed by atoms with E-state index in [1.165, 1.54) is 12.5 Å². The Balaban J connectivity index is 2.17. The second-order valence-corrected chi connectivity index (χ2v) is 16.1. The van der Waals surface area contributed by atoms with Crippen molar-refractivity contribution in [3.8, 4) is 11.1 Å². The highest BCUT2D eigenvalue weighted by Crippen LogP contribution is 2.24. The van der Waals surface area contributed by atoms with E-state index in [1.807, 2.05) is 26.0 Å². The molecule has 0 heterocycles. The first kappa shape index (κ1) is 48.8. The number of hydrogen-bond acceptors (Lipinski definition) is 9. The van der Waals surface area contributed by atoms with Gasteiger partial charge in [-0.05, 0) is 87.1 Å². The van der Waals surface area contributed by atoms with Crippen molar-refractivity contribution in [2.24, 2.45) is 35.1 Å². The molecule has 2 amide bonds. The Morgan fingerprint density at radius 2 is 1.14 bits per heavy atom. The van der Waals surface area contributed by atoms with Gasteiger partial charge in [0.05, 0.1) is 12.1 Å². The van der Waals surface area contributed by atoms with Crippen LogP contribution in [0.5, 0.6) is 0 Å². The van der Waals surface area contributed by atoms with E-state index in [0.717, 1.165) is 37.3 Å². The van der Waals surface area contributed by atoms with Crippen molar-refractivity contribution in [3.63, 3.8) is 0 Å². The van der Waals surface area contributed by atoms with Gasteiger partial charge in [0.1, 0.15) is 0 Å². The van der Waals surface area contributed by atoms with Gasteiger partial charge in [-0.1, -0.05) is 96.0 Å². The number of carbonyl (C=O) groups excluding carboxylic acids is 7. The molecule has 0 aliphatic heterocycles. The monoisotopic (exact) mass is 789 g/mol. The number of carbonyl (C=O) groups is 7. The zero-order valence-corrected chi connectivity index (χ0v) is 35.2. The molecule has 6 N–H and O–H groups in total. The first-order valence-electron chi connectivity index (χ1n) is 20.9. The molecule has 0 bridgehead atoms. The number of Topliss-reactive ketones (excluding diaryl/α,β-unsaturated/α-hetero) is 5. The van der Waals surface area contributed by atoms with Crippen molar-refractivity contribution in [3.05, 3.63) is 59.7 Å².